The molecule has 0 aliphatic rings. The van der Waals surface area contributed by atoms with Crippen LogP contribution >= 0.6 is 0 Å². The summed E-state index contributed by atoms with van der Waals surface area (Å²) in [4.78, 5) is 11.3. The Morgan fingerprint density at radius 2 is 1.93 bits per heavy atom. The predicted octanol–water partition coefficient (Wildman–Crippen LogP) is 2.99. The SMILES string of the molecule is CCC(=O)c1ccc(C(C)OC)cc1. The van der Waals surface area contributed by atoms with Crippen molar-refractivity contribution < 1.29 is 9.53 Å². The Morgan fingerprint density at radius 1 is 1.36 bits per heavy atom. The molecule has 0 bridgehead atoms. The third-order valence-corrected chi connectivity index (χ3v) is 2.38. The smallest absolute Gasteiger partial charge is 0.162 e. The second kappa shape index (κ2) is 4.91. The molecule has 0 radical (unpaired) electrons. The maximum absolute atomic E-state index is 11.3. The molecule has 0 aromatic heterocycles. The molecule has 2 nitrogen and oxygen atoms in total. The van der Waals surface area contributed by atoms with E-state index in [0.29, 0.717) is 6.42 Å². The van der Waals surface area contributed by atoms with Gasteiger partial charge in [0.2, 0.25) is 0 Å². The number of methoxy groups -OCH3 is 1. The standard InChI is InChI=1S/C12H16O2/c1-4-12(13)11-7-5-10(6-8-11)9(2)14-3/h5-9H,4H2,1-3H3. The summed E-state index contributed by atoms with van der Waals surface area (Å²) in [6.45, 7) is 3.85. The van der Waals surface area contributed by atoms with E-state index in [4.69, 9.17) is 4.74 Å². The van der Waals surface area contributed by atoms with Crippen molar-refractivity contribution in [3.63, 3.8) is 0 Å². The third-order valence-electron chi connectivity index (χ3n) is 2.38. The molecule has 0 aliphatic heterocycles. The van der Waals surface area contributed by atoms with Gasteiger partial charge in [-0.25, -0.2) is 0 Å². The molecule has 1 aromatic rings. The van der Waals surface area contributed by atoms with Crippen molar-refractivity contribution in [1.82, 2.24) is 0 Å². The van der Waals surface area contributed by atoms with Crippen LogP contribution in [0.4, 0.5) is 0 Å². The van der Waals surface area contributed by atoms with Crippen molar-refractivity contribution in [2.75, 3.05) is 7.11 Å². The number of carbonyl (C=O) groups is 1. The normalized spacial score (nSPS) is 12.5. The molecule has 0 heterocycles. The minimum atomic E-state index is 0.0841. The van der Waals surface area contributed by atoms with Gasteiger partial charge in [0.25, 0.3) is 0 Å². The second-order valence-electron chi connectivity index (χ2n) is 3.28. The van der Waals surface area contributed by atoms with Crippen LogP contribution in [-0.4, -0.2) is 12.9 Å². The largest absolute Gasteiger partial charge is 0.377 e. The highest BCUT2D eigenvalue weighted by Crippen LogP contribution is 2.16. The monoisotopic (exact) mass is 192 g/mol. The van der Waals surface area contributed by atoms with Gasteiger partial charge < -0.3 is 4.74 Å². The number of rotatable bonds is 4. The van der Waals surface area contributed by atoms with Crippen molar-refractivity contribution in [2.45, 2.75) is 26.4 Å². The lowest BCUT2D eigenvalue weighted by Crippen LogP contribution is -1.99. The van der Waals surface area contributed by atoms with Crippen molar-refractivity contribution in [3.8, 4) is 0 Å². The number of ether oxygens (including phenoxy) is 1. The molecule has 76 valence electrons. The summed E-state index contributed by atoms with van der Waals surface area (Å²) in [5.41, 5.74) is 1.87. The molecule has 1 atom stereocenters. The first-order valence-electron chi connectivity index (χ1n) is 4.85. The maximum Gasteiger partial charge on any atom is 0.162 e. The van der Waals surface area contributed by atoms with Crippen LogP contribution in [0.1, 0.15) is 42.3 Å². The molecule has 2 heteroatoms. The molecule has 0 N–H and O–H groups in total. The summed E-state index contributed by atoms with van der Waals surface area (Å²) in [5.74, 6) is 0.182. The van der Waals surface area contributed by atoms with Crippen molar-refractivity contribution in [3.05, 3.63) is 35.4 Å². The Labute approximate surface area is 84.9 Å². The maximum atomic E-state index is 11.3. The Hall–Kier alpha value is -1.15. The third kappa shape index (κ3) is 2.42. The summed E-state index contributed by atoms with van der Waals surface area (Å²) in [6, 6.07) is 7.60. The summed E-state index contributed by atoms with van der Waals surface area (Å²) in [7, 11) is 1.68. The molecule has 0 spiro atoms. The predicted molar refractivity (Wildman–Crippen MR) is 56.5 cm³/mol. The van der Waals surface area contributed by atoms with E-state index in [0.717, 1.165) is 11.1 Å². The number of hydrogen-bond donors (Lipinski definition) is 0. The van der Waals surface area contributed by atoms with E-state index in [9.17, 15) is 4.79 Å². The van der Waals surface area contributed by atoms with Crippen LogP contribution in [0.25, 0.3) is 0 Å². The van der Waals surface area contributed by atoms with Gasteiger partial charge in [-0.2, -0.15) is 0 Å². The zero-order valence-corrected chi connectivity index (χ0v) is 8.91. The van der Waals surface area contributed by atoms with Crippen LogP contribution in [-0.2, 0) is 4.74 Å². The van der Waals surface area contributed by atoms with Gasteiger partial charge in [0.05, 0.1) is 6.10 Å². The van der Waals surface area contributed by atoms with Crippen molar-refractivity contribution in [2.24, 2.45) is 0 Å². The number of hydrogen-bond acceptors (Lipinski definition) is 2. The average Bonchev–Trinajstić information content (AvgIpc) is 2.27. The lowest BCUT2D eigenvalue weighted by atomic mass is 10.0. The molecular weight excluding hydrogens is 176 g/mol. The Morgan fingerprint density at radius 3 is 2.36 bits per heavy atom. The topological polar surface area (TPSA) is 26.3 Å². The number of ketones is 1. The minimum Gasteiger partial charge on any atom is -0.377 e. The van der Waals surface area contributed by atoms with Crippen LogP contribution < -0.4 is 0 Å². The molecule has 0 fully saturated rings. The van der Waals surface area contributed by atoms with Gasteiger partial charge in [0, 0.05) is 19.1 Å². The molecule has 1 unspecified atom stereocenters. The van der Waals surface area contributed by atoms with Gasteiger partial charge in [0.15, 0.2) is 5.78 Å². The van der Waals surface area contributed by atoms with E-state index < -0.39 is 0 Å². The van der Waals surface area contributed by atoms with Crippen LogP contribution in [0.15, 0.2) is 24.3 Å². The molecule has 0 aliphatic carbocycles. The Balaban J connectivity index is 2.83. The van der Waals surface area contributed by atoms with Gasteiger partial charge in [-0.3, -0.25) is 4.79 Å². The zero-order valence-electron chi connectivity index (χ0n) is 8.91. The Kier molecular flexibility index (Phi) is 3.84. The number of carbonyl (C=O) groups excluding carboxylic acids is 1. The van der Waals surface area contributed by atoms with E-state index in [-0.39, 0.29) is 11.9 Å². The van der Waals surface area contributed by atoms with E-state index in [1.54, 1.807) is 7.11 Å². The first-order valence-corrected chi connectivity index (χ1v) is 4.85. The highest BCUT2D eigenvalue weighted by Gasteiger charge is 2.05. The molecule has 1 aromatic carbocycles. The van der Waals surface area contributed by atoms with Gasteiger partial charge in [-0.15, -0.1) is 0 Å². The van der Waals surface area contributed by atoms with E-state index >= 15 is 0 Å². The molecule has 1 rings (SSSR count). The fraction of sp³-hybridized carbons (Fsp3) is 0.417. The first-order chi connectivity index (χ1) is 6.69. The molecule has 0 saturated heterocycles. The fourth-order valence-electron chi connectivity index (χ4n) is 1.28. The lowest BCUT2D eigenvalue weighted by molar-refractivity contribution is 0.0987. The van der Waals surface area contributed by atoms with Crippen LogP contribution in [0, 0.1) is 0 Å². The number of Topliss-reactive ketones (excluding diaryl/α,β-unsaturated/α-hetero) is 1. The molecule has 0 saturated carbocycles. The molecule has 0 amide bonds. The van der Waals surface area contributed by atoms with Crippen LogP contribution in [0.5, 0.6) is 0 Å². The van der Waals surface area contributed by atoms with Gasteiger partial charge >= 0.3 is 0 Å². The van der Waals surface area contributed by atoms with Crippen molar-refractivity contribution in [1.29, 1.82) is 0 Å². The quantitative estimate of drug-likeness (QED) is 0.685. The van der Waals surface area contributed by atoms with E-state index in [2.05, 4.69) is 0 Å². The van der Waals surface area contributed by atoms with Gasteiger partial charge in [-0.05, 0) is 12.5 Å². The summed E-state index contributed by atoms with van der Waals surface area (Å²) >= 11 is 0. The molecule has 14 heavy (non-hydrogen) atoms. The first kappa shape index (κ1) is 10.9. The summed E-state index contributed by atoms with van der Waals surface area (Å²) < 4.78 is 5.18. The van der Waals surface area contributed by atoms with E-state index in [1.807, 2.05) is 38.1 Å². The highest BCUT2D eigenvalue weighted by atomic mass is 16.5. The average molecular weight is 192 g/mol. The fourth-order valence-corrected chi connectivity index (χ4v) is 1.28. The summed E-state index contributed by atoms with van der Waals surface area (Å²) in [5, 5.41) is 0. The van der Waals surface area contributed by atoms with Crippen LogP contribution in [0.3, 0.4) is 0 Å². The number of benzene rings is 1. The van der Waals surface area contributed by atoms with Crippen molar-refractivity contribution >= 4 is 5.78 Å². The second-order valence-corrected chi connectivity index (χ2v) is 3.28. The summed E-state index contributed by atoms with van der Waals surface area (Å²) in [6.07, 6.45) is 0.639. The van der Waals surface area contributed by atoms with Gasteiger partial charge in [-0.1, -0.05) is 31.2 Å². The van der Waals surface area contributed by atoms with E-state index in [1.165, 1.54) is 0 Å². The molecular formula is C12H16O2. The minimum absolute atomic E-state index is 0.0841. The van der Waals surface area contributed by atoms with Crippen LogP contribution in [0.2, 0.25) is 0 Å². The highest BCUT2D eigenvalue weighted by molar-refractivity contribution is 5.95. The van der Waals surface area contributed by atoms with Gasteiger partial charge in [0.1, 0.15) is 0 Å². The Bertz CT molecular complexity index is 301. The lowest BCUT2D eigenvalue weighted by Gasteiger charge is -2.09. The zero-order chi connectivity index (χ0) is 10.6.